The summed E-state index contributed by atoms with van der Waals surface area (Å²) in [7, 11) is 0. The third kappa shape index (κ3) is 5.54. The van der Waals surface area contributed by atoms with Crippen molar-refractivity contribution in [2.75, 3.05) is 11.4 Å². The summed E-state index contributed by atoms with van der Waals surface area (Å²) in [5.74, 6) is -3.53. The van der Waals surface area contributed by atoms with E-state index in [0.29, 0.717) is 23.6 Å². The number of fused-ring (bicyclic) bond motifs is 4. The summed E-state index contributed by atoms with van der Waals surface area (Å²) in [6, 6.07) is 28.1. The van der Waals surface area contributed by atoms with E-state index in [9.17, 15) is 9.59 Å². The molecule has 4 aromatic carbocycles. The van der Waals surface area contributed by atoms with Crippen LogP contribution in [0, 0.1) is 11.6 Å². The molecule has 0 saturated heterocycles. The highest BCUT2D eigenvalue weighted by Crippen LogP contribution is 2.40. The Hall–Kier alpha value is -5.71. The van der Waals surface area contributed by atoms with Crippen molar-refractivity contribution in [3.63, 3.8) is 0 Å². The minimum Gasteiger partial charge on any atom is -0.334 e. The first kappa shape index (κ1) is 30.0. The summed E-state index contributed by atoms with van der Waals surface area (Å²) < 4.78 is 31.8. The van der Waals surface area contributed by atoms with E-state index < -0.39 is 30.0 Å². The molecule has 1 aliphatic rings. The lowest BCUT2D eigenvalue weighted by Crippen LogP contribution is -2.46. The van der Waals surface area contributed by atoms with E-state index in [0.717, 1.165) is 28.6 Å². The molecule has 1 unspecified atom stereocenters. The number of halogens is 2. The number of aromatic amines is 1. The van der Waals surface area contributed by atoms with Gasteiger partial charge in [0.25, 0.3) is 0 Å². The number of anilines is 1. The number of hydrogen-bond acceptors (Lipinski definition) is 5. The van der Waals surface area contributed by atoms with Crippen molar-refractivity contribution < 1.29 is 18.4 Å². The molecule has 0 spiro atoms. The molecule has 0 saturated carbocycles. The summed E-state index contributed by atoms with van der Waals surface area (Å²) in [5, 5.41) is 17.3. The number of H-pyrrole nitrogens is 1. The standard InChI is InChI=1S/C36H31F2N7O2/c1-22(2)43(20-23-11-5-3-6-12-23)33(46)21-44-31-18-27(37)28(38)19-32(31)45-34(24-13-7-4-8-14-24)41-42-35(45)26(36(44)47)17-30-25-15-9-10-16-29(25)39-40-30/h3-16,18-19,22,26H,17,20-21H2,1-2H3,(H,39,40). The van der Waals surface area contributed by atoms with Gasteiger partial charge < -0.3 is 9.80 Å². The van der Waals surface area contributed by atoms with Gasteiger partial charge in [0, 0.05) is 42.1 Å². The van der Waals surface area contributed by atoms with Gasteiger partial charge >= 0.3 is 0 Å². The first-order chi connectivity index (χ1) is 22.8. The van der Waals surface area contributed by atoms with Crippen molar-refractivity contribution in [1.29, 1.82) is 0 Å². The molecule has 1 atom stereocenters. The van der Waals surface area contributed by atoms with Crippen LogP contribution in [0.5, 0.6) is 0 Å². The number of carbonyl (C=O) groups excluding carboxylic acids is 2. The highest BCUT2D eigenvalue weighted by Gasteiger charge is 2.40. The number of benzene rings is 4. The average Bonchev–Trinajstić information content (AvgIpc) is 3.69. The number of nitrogens with one attached hydrogen (secondary N) is 1. The van der Waals surface area contributed by atoms with Crippen LogP contribution < -0.4 is 4.90 Å². The summed E-state index contributed by atoms with van der Waals surface area (Å²) in [4.78, 5) is 31.8. The fourth-order valence-electron chi connectivity index (χ4n) is 6.15. The first-order valence-electron chi connectivity index (χ1n) is 15.4. The Morgan fingerprint density at radius 2 is 1.55 bits per heavy atom. The molecule has 1 aliphatic heterocycles. The number of para-hydroxylation sites is 1. The van der Waals surface area contributed by atoms with Crippen LogP contribution in [0.1, 0.15) is 36.8 Å². The topological polar surface area (TPSA) is 100 Å². The SMILES string of the molecule is CC(C)N(Cc1ccccc1)C(=O)CN1C(=O)C(Cc2n[nH]c3ccccc23)c2nnc(-c3ccccc3)n2-c2cc(F)c(F)cc21. The predicted molar refractivity (Wildman–Crippen MR) is 174 cm³/mol. The first-order valence-corrected chi connectivity index (χ1v) is 15.4. The quantitative estimate of drug-likeness (QED) is 0.216. The summed E-state index contributed by atoms with van der Waals surface area (Å²) >= 11 is 0. The molecule has 47 heavy (non-hydrogen) atoms. The largest absolute Gasteiger partial charge is 0.334 e. The lowest BCUT2D eigenvalue weighted by Gasteiger charge is -2.31. The van der Waals surface area contributed by atoms with Gasteiger partial charge in [0.2, 0.25) is 11.8 Å². The Morgan fingerprint density at radius 1 is 0.894 bits per heavy atom. The van der Waals surface area contributed by atoms with E-state index in [1.165, 1.54) is 4.90 Å². The van der Waals surface area contributed by atoms with Crippen LogP contribution in [-0.2, 0) is 22.6 Å². The lowest BCUT2D eigenvalue weighted by atomic mass is 9.98. The molecular formula is C36H31F2N7O2. The van der Waals surface area contributed by atoms with E-state index in [1.54, 1.807) is 9.47 Å². The van der Waals surface area contributed by atoms with Crippen molar-refractivity contribution in [3.05, 3.63) is 126 Å². The highest BCUT2D eigenvalue weighted by molar-refractivity contribution is 6.05. The van der Waals surface area contributed by atoms with Gasteiger partial charge in [-0.15, -0.1) is 10.2 Å². The summed E-state index contributed by atoms with van der Waals surface area (Å²) in [5.41, 5.74) is 3.18. The molecule has 3 heterocycles. The third-order valence-electron chi connectivity index (χ3n) is 8.52. The van der Waals surface area contributed by atoms with Gasteiger partial charge in [-0.1, -0.05) is 78.9 Å². The smallest absolute Gasteiger partial charge is 0.243 e. The second-order valence-electron chi connectivity index (χ2n) is 11.8. The second-order valence-corrected chi connectivity index (χ2v) is 11.8. The van der Waals surface area contributed by atoms with Crippen LogP contribution in [0.25, 0.3) is 28.0 Å². The van der Waals surface area contributed by atoms with Gasteiger partial charge in [0.1, 0.15) is 12.5 Å². The van der Waals surface area contributed by atoms with Crippen LogP contribution >= 0.6 is 0 Å². The number of carbonyl (C=O) groups is 2. The van der Waals surface area contributed by atoms with Crippen molar-refractivity contribution in [1.82, 2.24) is 29.9 Å². The molecule has 6 aromatic rings. The molecule has 236 valence electrons. The lowest BCUT2D eigenvalue weighted by molar-refractivity contribution is -0.133. The predicted octanol–water partition coefficient (Wildman–Crippen LogP) is 6.20. The maximum atomic E-state index is 15.1. The van der Waals surface area contributed by atoms with Crippen LogP contribution in [0.3, 0.4) is 0 Å². The van der Waals surface area contributed by atoms with E-state index >= 15 is 8.78 Å². The molecule has 0 fully saturated rings. The zero-order valence-electron chi connectivity index (χ0n) is 25.8. The van der Waals surface area contributed by atoms with Gasteiger partial charge in [-0.05, 0) is 25.5 Å². The fraction of sp³-hybridized carbons (Fsp3) is 0.194. The van der Waals surface area contributed by atoms with E-state index in [-0.39, 0.29) is 35.6 Å². The molecule has 0 radical (unpaired) electrons. The van der Waals surface area contributed by atoms with Gasteiger partial charge in [-0.25, -0.2) is 8.78 Å². The maximum absolute atomic E-state index is 15.1. The molecular weight excluding hydrogens is 600 g/mol. The minimum atomic E-state index is -1.15. The highest BCUT2D eigenvalue weighted by atomic mass is 19.2. The minimum absolute atomic E-state index is 0.0401. The number of nitrogens with zero attached hydrogens (tertiary/aromatic N) is 6. The van der Waals surface area contributed by atoms with Gasteiger partial charge in [0.05, 0.1) is 22.6 Å². The monoisotopic (exact) mass is 631 g/mol. The van der Waals surface area contributed by atoms with Crippen LogP contribution in [0.15, 0.2) is 97.1 Å². The zero-order chi connectivity index (χ0) is 32.7. The maximum Gasteiger partial charge on any atom is 0.243 e. The second kappa shape index (κ2) is 12.2. The number of rotatable bonds is 8. The van der Waals surface area contributed by atoms with Crippen molar-refractivity contribution in [2.24, 2.45) is 0 Å². The van der Waals surface area contributed by atoms with Gasteiger partial charge in [-0.2, -0.15) is 5.10 Å². The van der Waals surface area contributed by atoms with E-state index in [4.69, 9.17) is 0 Å². The molecule has 0 aliphatic carbocycles. The van der Waals surface area contributed by atoms with Crippen LogP contribution in [0.4, 0.5) is 14.5 Å². The number of amides is 2. The van der Waals surface area contributed by atoms with Crippen LogP contribution in [0.2, 0.25) is 0 Å². The van der Waals surface area contributed by atoms with Crippen LogP contribution in [-0.4, -0.2) is 54.3 Å². The average molecular weight is 632 g/mol. The molecule has 11 heteroatoms. The normalized spacial score (nSPS) is 14.3. The molecule has 9 nitrogen and oxygen atoms in total. The van der Waals surface area contributed by atoms with Crippen molar-refractivity contribution in [3.8, 4) is 17.1 Å². The number of hydrogen-bond donors (Lipinski definition) is 1. The zero-order valence-corrected chi connectivity index (χ0v) is 25.8. The Labute approximate surface area is 269 Å². The Morgan fingerprint density at radius 3 is 2.28 bits per heavy atom. The molecule has 2 amide bonds. The molecule has 7 rings (SSSR count). The van der Waals surface area contributed by atoms with Gasteiger partial charge in [-0.3, -0.25) is 19.3 Å². The van der Waals surface area contributed by atoms with E-state index in [2.05, 4.69) is 20.4 Å². The van der Waals surface area contributed by atoms with Crippen molar-refractivity contribution in [2.45, 2.75) is 38.8 Å². The fourth-order valence-corrected chi connectivity index (χ4v) is 6.15. The Balaban J connectivity index is 1.38. The summed E-state index contributed by atoms with van der Waals surface area (Å²) in [6.07, 6.45) is 0.0946. The van der Waals surface area contributed by atoms with Gasteiger partial charge in [0.15, 0.2) is 23.3 Å². The number of aromatic nitrogens is 5. The van der Waals surface area contributed by atoms with Crippen molar-refractivity contribution >= 4 is 28.4 Å². The summed E-state index contributed by atoms with van der Waals surface area (Å²) in [6.45, 7) is 3.70. The third-order valence-corrected chi connectivity index (χ3v) is 8.52. The molecule has 1 N–H and O–H groups in total. The Bertz CT molecular complexity index is 2090. The molecule has 0 bridgehead atoms. The molecule has 2 aromatic heterocycles. The Kier molecular flexibility index (Phi) is 7.80. The van der Waals surface area contributed by atoms with E-state index in [1.807, 2.05) is 98.8 Å².